The standard InChI is InChI=1S/C12H18N4OS/c1-7(2)10(8(3)13-4)12-15-11(16-17-12)9-5-14-6-18-9/h5-8,10,13H,1-4H3. The van der Waals surface area contributed by atoms with Gasteiger partial charge in [-0.2, -0.15) is 4.98 Å². The molecule has 0 saturated carbocycles. The van der Waals surface area contributed by atoms with E-state index in [-0.39, 0.29) is 5.92 Å². The first kappa shape index (κ1) is 13.2. The van der Waals surface area contributed by atoms with Crippen molar-refractivity contribution < 1.29 is 4.52 Å². The number of nitrogens with one attached hydrogen (secondary N) is 1. The van der Waals surface area contributed by atoms with Crippen LogP contribution in [0.15, 0.2) is 16.2 Å². The lowest BCUT2D eigenvalue weighted by molar-refractivity contribution is 0.286. The summed E-state index contributed by atoms with van der Waals surface area (Å²) in [4.78, 5) is 9.45. The van der Waals surface area contributed by atoms with Gasteiger partial charge in [0.25, 0.3) is 0 Å². The van der Waals surface area contributed by atoms with Gasteiger partial charge in [-0.3, -0.25) is 4.98 Å². The summed E-state index contributed by atoms with van der Waals surface area (Å²) in [6, 6.07) is 0.291. The zero-order chi connectivity index (χ0) is 13.1. The highest BCUT2D eigenvalue weighted by Gasteiger charge is 2.27. The summed E-state index contributed by atoms with van der Waals surface area (Å²) in [5, 5.41) is 7.29. The number of thiazole rings is 1. The van der Waals surface area contributed by atoms with E-state index >= 15 is 0 Å². The van der Waals surface area contributed by atoms with Crippen LogP contribution in [0.5, 0.6) is 0 Å². The van der Waals surface area contributed by atoms with Crippen molar-refractivity contribution in [1.29, 1.82) is 0 Å². The zero-order valence-electron chi connectivity index (χ0n) is 11.0. The van der Waals surface area contributed by atoms with Crippen LogP contribution in [0.25, 0.3) is 10.7 Å². The highest BCUT2D eigenvalue weighted by atomic mass is 32.1. The molecule has 0 amide bonds. The van der Waals surface area contributed by atoms with Crippen LogP contribution < -0.4 is 5.32 Å². The number of nitrogens with zero attached hydrogens (tertiary/aromatic N) is 3. The molecular weight excluding hydrogens is 248 g/mol. The third-order valence-electron chi connectivity index (χ3n) is 3.09. The van der Waals surface area contributed by atoms with Crippen LogP contribution in [-0.4, -0.2) is 28.2 Å². The van der Waals surface area contributed by atoms with Crippen LogP contribution in [0, 0.1) is 5.92 Å². The van der Waals surface area contributed by atoms with Gasteiger partial charge >= 0.3 is 0 Å². The Bertz CT molecular complexity index is 480. The predicted molar refractivity (Wildman–Crippen MR) is 71.5 cm³/mol. The molecule has 0 saturated heterocycles. The summed E-state index contributed by atoms with van der Waals surface area (Å²) in [5.74, 6) is 1.96. The summed E-state index contributed by atoms with van der Waals surface area (Å²) in [7, 11) is 1.94. The Balaban J connectivity index is 2.27. The average Bonchev–Trinajstić information content (AvgIpc) is 2.98. The summed E-state index contributed by atoms with van der Waals surface area (Å²) in [6.07, 6.45) is 1.76. The van der Waals surface area contributed by atoms with E-state index in [1.807, 2.05) is 7.05 Å². The van der Waals surface area contributed by atoms with Crippen molar-refractivity contribution in [2.24, 2.45) is 5.92 Å². The molecule has 6 heteroatoms. The van der Waals surface area contributed by atoms with Gasteiger partial charge in [0.1, 0.15) is 0 Å². The first-order valence-electron chi connectivity index (χ1n) is 6.03. The van der Waals surface area contributed by atoms with E-state index < -0.39 is 0 Å². The van der Waals surface area contributed by atoms with E-state index in [0.717, 1.165) is 4.88 Å². The van der Waals surface area contributed by atoms with Crippen molar-refractivity contribution in [2.45, 2.75) is 32.7 Å². The third-order valence-corrected chi connectivity index (χ3v) is 3.86. The summed E-state index contributed by atoms with van der Waals surface area (Å²) < 4.78 is 5.41. The van der Waals surface area contributed by atoms with Gasteiger partial charge in [0.2, 0.25) is 11.7 Å². The number of hydrogen-bond acceptors (Lipinski definition) is 6. The van der Waals surface area contributed by atoms with Crippen LogP contribution in [0.2, 0.25) is 0 Å². The molecule has 2 aromatic rings. The number of likely N-dealkylation sites (N-methyl/N-ethyl adjacent to an activating group) is 1. The molecule has 2 unspecified atom stereocenters. The SMILES string of the molecule is CNC(C)C(c1nc(-c2cncs2)no1)C(C)C. The van der Waals surface area contributed by atoms with E-state index in [2.05, 4.69) is 41.2 Å². The molecule has 0 aliphatic carbocycles. The summed E-state index contributed by atoms with van der Waals surface area (Å²) in [6.45, 7) is 6.45. The summed E-state index contributed by atoms with van der Waals surface area (Å²) in [5.41, 5.74) is 1.77. The van der Waals surface area contributed by atoms with Gasteiger partial charge in [0.15, 0.2) is 0 Å². The molecule has 98 valence electrons. The van der Waals surface area contributed by atoms with Gasteiger partial charge in [0, 0.05) is 12.2 Å². The molecule has 0 aliphatic rings. The molecule has 0 radical (unpaired) electrons. The van der Waals surface area contributed by atoms with Gasteiger partial charge in [-0.15, -0.1) is 11.3 Å². The maximum Gasteiger partial charge on any atom is 0.231 e. The Kier molecular flexibility index (Phi) is 4.08. The number of aromatic nitrogens is 3. The van der Waals surface area contributed by atoms with E-state index in [4.69, 9.17) is 4.52 Å². The number of rotatable bonds is 5. The predicted octanol–water partition coefficient (Wildman–Crippen LogP) is 2.54. The molecule has 18 heavy (non-hydrogen) atoms. The molecule has 0 bridgehead atoms. The van der Waals surface area contributed by atoms with Crippen LogP contribution >= 0.6 is 11.3 Å². The minimum Gasteiger partial charge on any atom is -0.339 e. The van der Waals surface area contributed by atoms with Gasteiger partial charge < -0.3 is 9.84 Å². The lowest BCUT2D eigenvalue weighted by Gasteiger charge is -2.23. The highest BCUT2D eigenvalue weighted by molar-refractivity contribution is 7.13. The molecule has 0 aliphatic heterocycles. The molecule has 0 spiro atoms. The van der Waals surface area contributed by atoms with E-state index in [1.165, 1.54) is 11.3 Å². The van der Waals surface area contributed by atoms with Crippen LogP contribution in [0.4, 0.5) is 0 Å². The van der Waals surface area contributed by atoms with Crippen LogP contribution in [0.1, 0.15) is 32.6 Å². The Hall–Kier alpha value is -1.27. The van der Waals surface area contributed by atoms with Gasteiger partial charge in [0.05, 0.1) is 16.3 Å². The second kappa shape index (κ2) is 5.58. The highest BCUT2D eigenvalue weighted by Crippen LogP contribution is 2.29. The first-order valence-corrected chi connectivity index (χ1v) is 6.91. The second-order valence-electron chi connectivity index (χ2n) is 4.67. The Morgan fingerprint density at radius 3 is 2.67 bits per heavy atom. The maximum absolute atomic E-state index is 5.41. The molecule has 2 aromatic heterocycles. The topological polar surface area (TPSA) is 63.8 Å². The molecule has 5 nitrogen and oxygen atoms in total. The third kappa shape index (κ3) is 2.59. The maximum atomic E-state index is 5.41. The normalized spacial score (nSPS) is 14.9. The molecule has 0 fully saturated rings. The van der Waals surface area contributed by atoms with E-state index in [1.54, 1.807) is 11.7 Å². The molecule has 0 aromatic carbocycles. The largest absolute Gasteiger partial charge is 0.339 e. The fraction of sp³-hybridized carbons (Fsp3) is 0.583. The van der Waals surface area contributed by atoms with Crippen molar-refractivity contribution in [1.82, 2.24) is 20.4 Å². The monoisotopic (exact) mass is 266 g/mol. The van der Waals surface area contributed by atoms with Crippen LogP contribution in [0.3, 0.4) is 0 Å². The van der Waals surface area contributed by atoms with Gasteiger partial charge in [-0.25, -0.2) is 0 Å². The van der Waals surface area contributed by atoms with Crippen molar-refractivity contribution in [3.05, 3.63) is 17.6 Å². The lowest BCUT2D eigenvalue weighted by atomic mass is 9.89. The minimum atomic E-state index is 0.212. The van der Waals surface area contributed by atoms with E-state index in [0.29, 0.717) is 23.7 Å². The smallest absolute Gasteiger partial charge is 0.231 e. The Labute approximate surface area is 111 Å². The van der Waals surface area contributed by atoms with Gasteiger partial charge in [-0.05, 0) is 19.9 Å². The zero-order valence-corrected chi connectivity index (χ0v) is 11.9. The quantitative estimate of drug-likeness (QED) is 0.901. The second-order valence-corrected chi connectivity index (χ2v) is 5.56. The first-order chi connectivity index (χ1) is 8.63. The van der Waals surface area contributed by atoms with E-state index in [9.17, 15) is 0 Å². The van der Waals surface area contributed by atoms with Crippen molar-refractivity contribution in [2.75, 3.05) is 7.05 Å². The van der Waals surface area contributed by atoms with Crippen molar-refractivity contribution >= 4 is 11.3 Å². The molecule has 2 heterocycles. The Morgan fingerprint density at radius 1 is 1.33 bits per heavy atom. The van der Waals surface area contributed by atoms with Crippen LogP contribution in [-0.2, 0) is 0 Å². The molecule has 1 N–H and O–H groups in total. The minimum absolute atomic E-state index is 0.212. The van der Waals surface area contributed by atoms with Crippen molar-refractivity contribution in [3.8, 4) is 10.7 Å². The Morgan fingerprint density at radius 2 is 2.11 bits per heavy atom. The lowest BCUT2D eigenvalue weighted by Crippen LogP contribution is -2.32. The molecule has 2 rings (SSSR count). The molecule has 2 atom stereocenters. The average molecular weight is 266 g/mol. The fourth-order valence-corrected chi connectivity index (χ4v) is 2.60. The fourth-order valence-electron chi connectivity index (χ4n) is 2.05. The van der Waals surface area contributed by atoms with Crippen molar-refractivity contribution in [3.63, 3.8) is 0 Å². The van der Waals surface area contributed by atoms with Gasteiger partial charge in [-0.1, -0.05) is 19.0 Å². The molecular formula is C12H18N4OS. The number of hydrogen-bond donors (Lipinski definition) is 1. The summed E-state index contributed by atoms with van der Waals surface area (Å²) >= 11 is 1.51.